The number of benzene rings is 1. The molecular formula is C14H8ClN5O. The van der Waals surface area contributed by atoms with E-state index in [1.165, 1.54) is 0 Å². The summed E-state index contributed by atoms with van der Waals surface area (Å²) in [6, 6.07) is 9.44. The number of fused-ring (bicyclic) bond motifs is 2. The highest BCUT2D eigenvalue weighted by molar-refractivity contribution is 6.28. The number of aromatic amines is 1. The molecular weight excluding hydrogens is 290 g/mol. The first-order chi connectivity index (χ1) is 10.3. The average Bonchev–Trinajstić information content (AvgIpc) is 2.96. The lowest BCUT2D eigenvalue weighted by Gasteiger charge is -2.08. The van der Waals surface area contributed by atoms with Crippen LogP contribution in [-0.2, 0) is 0 Å². The summed E-state index contributed by atoms with van der Waals surface area (Å²) in [7, 11) is 0. The molecule has 102 valence electrons. The molecule has 3 aromatic heterocycles. The monoisotopic (exact) mass is 297 g/mol. The fraction of sp³-hybridized carbons (Fsp3) is 0. The number of halogens is 1. The van der Waals surface area contributed by atoms with Gasteiger partial charge in [-0.2, -0.15) is 15.1 Å². The van der Waals surface area contributed by atoms with Crippen molar-refractivity contribution in [3.05, 3.63) is 48.0 Å². The van der Waals surface area contributed by atoms with Crippen molar-refractivity contribution < 1.29 is 4.74 Å². The number of nitrogens with one attached hydrogen (secondary N) is 1. The highest BCUT2D eigenvalue weighted by atomic mass is 35.5. The molecule has 0 spiro atoms. The average molecular weight is 298 g/mol. The fourth-order valence-electron chi connectivity index (χ4n) is 2.13. The first kappa shape index (κ1) is 12.0. The molecule has 1 N–H and O–H groups in total. The van der Waals surface area contributed by atoms with Gasteiger partial charge in [0.05, 0.1) is 11.7 Å². The SMILES string of the molecule is Clc1nc(Oc2cccc3ncccc23)c2cn[nH]c2n1. The van der Waals surface area contributed by atoms with E-state index in [1.54, 1.807) is 12.4 Å². The Balaban J connectivity index is 1.89. The Kier molecular flexibility index (Phi) is 2.68. The maximum absolute atomic E-state index is 5.91. The van der Waals surface area contributed by atoms with Crippen molar-refractivity contribution in [1.82, 2.24) is 25.1 Å². The molecule has 0 aliphatic rings. The van der Waals surface area contributed by atoms with E-state index in [4.69, 9.17) is 16.3 Å². The van der Waals surface area contributed by atoms with Crippen LogP contribution in [0.5, 0.6) is 11.6 Å². The maximum atomic E-state index is 5.91. The largest absolute Gasteiger partial charge is 0.437 e. The maximum Gasteiger partial charge on any atom is 0.234 e. The quantitative estimate of drug-likeness (QED) is 0.574. The third-order valence-corrected chi connectivity index (χ3v) is 3.23. The van der Waals surface area contributed by atoms with Crippen LogP contribution in [0.2, 0.25) is 5.28 Å². The Labute approximate surface area is 123 Å². The van der Waals surface area contributed by atoms with Crippen LogP contribution in [0.3, 0.4) is 0 Å². The number of hydrogen-bond donors (Lipinski definition) is 1. The van der Waals surface area contributed by atoms with E-state index in [9.17, 15) is 0 Å². The van der Waals surface area contributed by atoms with Gasteiger partial charge in [0.1, 0.15) is 11.1 Å². The molecule has 0 radical (unpaired) electrons. The highest BCUT2D eigenvalue weighted by Crippen LogP contribution is 2.31. The molecule has 4 aromatic rings. The van der Waals surface area contributed by atoms with Gasteiger partial charge in [-0.3, -0.25) is 10.1 Å². The minimum Gasteiger partial charge on any atom is -0.437 e. The molecule has 0 amide bonds. The molecule has 3 heterocycles. The van der Waals surface area contributed by atoms with E-state index in [0.29, 0.717) is 22.7 Å². The molecule has 21 heavy (non-hydrogen) atoms. The second kappa shape index (κ2) is 4.68. The van der Waals surface area contributed by atoms with Gasteiger partial charge in [0.25, 0.3) is 0 Å². The second-order valence-electron chi connectivity index (χ2n) is 4.36. The zero-order valence-corrected chi connectivity index (χ0v) is 11.4. The third-order valence-electron chi connectivity index (χ3n) is 3.06. The van der Waals surface area contributed by atoms with Crippen molar-refractivity contribution in [3.8, 4) is 11.6 Å². The van der Waals surface area contributed by atoms with Gasteiger partial charge in [-0.25, -0.2) is 0 Å². The van der Waals surface area contributed by atoms with E-state index in [0.717, 1.165) is 10.9 Å². The van der Waals surface area contributed by atoms with Gasteiger partial charge in [0, 0.05) is 11.6 Å². The van der Waals surface area contributed by atoms with Crippen molar-refractivity contribution in [3.63, 3.8) is 0 Å². The summed E-state index contributed by atoms with van der Waals surface area (Å²) in [4.78, 5) is 12.5. The summed E-state index contributed by atoms with van der Waals surface area (Å²) in [6.07, 6.45) is 3.34. The van der Waals surface area contributed by atoms with Crippen LogP contribution >= 0.6 is 11.6 Å². The Morgan fingerprint density at radius 1 is 1.05 bits per heavy atom. The van der Waals surface area contributed by atoms with Crippen LogP contribution < -0.4 is 4.74 Å². The van der Waals surface area contributed by atoms with Gasteiger partial charge in [0.2, 0.25) is 11.2 Å². The summed E-state index contributed by atoms with van der Waals surface area (Å²) < 4.78 is 5.91. The molecule has 0 bridgehead atoms. The molecule has 0 aliphatic heterocycles. The van der Waals surface area contributed by atoms with Gasteiger partial charge in [0.15, 0.2) is 5.65 Å². The Hall–Kier alpha value is -2.73. The van der Waals surface area contributed by atoms with Gasteiger partial charge in [-0.05, 0) is 35.9 Å². The van der Waals surface area contributed by atoms with Gasteiger partial charge < -0.3 is 4.74 Å². The predicted molar refractivity (Wildman–Crippen MR) is 78.5 cm³/mol. The van der Waals surface area contributed by atoms with Crippen molar-refractivity contribution in [2.24, 2.45) is 0 Å². The number of pyridine rings is 1. The molecule has 1 aromatic carbocycles. The summed E-state index contributed by atoms with van der Waals surface area (Å²) >= 11 is 5.90. The van der Waals surface area contributed by atoms with Crippen molar-refractivity contribution in [2.45, 2.75) is 0 Å². The lowest BCUT2D eigenvalue weighted by atomic mass is 10.2. The number of rotatable bonds is 2. The zero-order chi connectivity index (χ0) is 14.2. The van der Waals surface area contributed by atoms with Crippen LogP contribution in [0, 0.1) is 0 Å². The summed E-state index contributed by atoms with van der Waals surface area (Å²) in [6.45, 7) is 0. The topological polar surface area (TPSA) is 76.6 Å². The second-order valence-corrected chi connectivity index (χ2v) is 4.70. The smallest absolute Gasteiger partial charge is 0.234 e. The number of ether oxygens (including phenoxy) is 1. The molecule has 0 aliphatic carbocycles. The van der Waals surface area contributed by atoms with Crippen molar-refractivity contribution in [1.29, 1.82) is 0 Å². The van der Waals surface area contributed by atoms with Crippen LogP contribution in [0.25, 0.3) is 21.9 Å². The summed E-state index contributed by atoms with van der Waals surface area (Å²) in [5.74, 6) is 1.01. The van der Waals surface area contributed by atoms with E-state index in [1.807, 2.05) is 30.3 Å². The van der Waals surface area contributed by atoms with Crippen molar-refractivity contribution >= 4 is 33.5 Å². The van der Waals surface area contributed by atoms with Gasteiger partial charge in [-0.15, -0.1) is 0 Å². The van der Waals surface area contributed by atoms with E-state index in [2.05, 4.69) is 25.1 Å². The van der Waals surface area contributed by atoms with Crippen LogP contribution in [0.1, 0.15) is 0 Å². The molecule has 0 atom stereocenters. The molecule has 7 heteroatoms. The van der Waals surface area contributed by atoms with Crippen LogP contribution in [-0.4, -0.2) is 25.1 Å². The van der Waals surface area contributed by atoms with E-state index < -0.39 is 0 Å². The van der Waals surface area contributed by atoms with E-state index >= 15 is 0 Å². The molecule has 0 fully saturated rings. The number of aromatic nitrogens is 5. The number of nitrogens with zero attached hydrogens (tertiary/aromatic N) is 4. The lowest BCUT2D eigenvalue weighted by molar-refractivity contribution is 0.473. The number of H-pyrrole nitrogens is 1. The Bertz CT molecular complexity index is 947. The van der Waals surface area contributed by atoms with Crippen LogP contribution in [0.15, 0.2) is 42.7 Å². The minimum absolute atomic E-state index is 0.0973. The fourth-order valence-corrected chi connectivity index (χ4v) is 2.29. The zero-order valence-electron chi connectivity index (χ0n) is 10.6. The summed E-state index contributed by atoms with van der Waals surface area (Å²) in [5, 5.41) is 8.33. The first-order valence-electron chi connectivity index (χ1n) is 6.19. The minimum atomic E-state index is 0.0973. The standard InChI is InChI=1S/C14H8ClN5O/c15-14-18-12-9(7-17-20-12)13(19-14)21-11-5-1-4-10-8(11)3-2-6-16-10/h1-7H,(H,17,18,19,20). The van der Waals surface area contributed by atoms with Gasteiger partial charge >= 0.3 is 0 Å². The first-order valence-corrected chi connectivity index (χ1v) is 6.57. The Morgan fingerprint density at radius 2 is 2.00 bits per heavy atom. The predicted octanol–water partition coefficient (Wildman–Crippen LogP) is 3.35. The summed E-state index contributed by atoms with van der Waals surface area (Å²) in [5.41, 5.74) is 1.38. The van der Waals surface area contributed by atoms with Gasteiger partial charge in [-0.1, -0.05) is 6.07 Å². The number of hydrogen-bond acceptors (Lipinski definition) is 5. The van der Waals surface area contributed by atoms with E-state index in [-0.39, 0.29) is 5.28 Å². The normalized spacial score (nSPS) is 11.1. The molecule has 4 rings (SSSR count). The third kappa shape index (κ3) is 2.05. The Morgan fingerprint density at radius 3 is 2.95 bits per heavy atom. The lowest BCUT2D eigenvalue weighted by Crippen LogP contribution is -1.93. The molecule has 0 saturated carbocycles. The van der Waals surface area contributed by atoms with Crippen LogP contribution in [0.4, 0.5) is 0 Å². The van der Waals surface area contributed by atoms with Crippen molar-refractivity contribution in [2.75, 3.05) is 0 Å². The molecule has 6 nitrogen and oxygen atoms in total. The molecule has 0 unspecified atom stereocenters. The molecule has 0 saturated heterocycles. The highest BCUT2D eigenvalue weighted by Gasteiger charge is 2.12.